The van der Waals surface area contributed by atoms with Gasteiger partial charge in [-0.2, -0.15) is 9.78 Å². The number of carbonyl (C=O) groups excluding carboxylic acids is 3. The van der Waals surface area contributed by atoms with E-state index in [0.717, 1.165) is 6.42 Å². The molecule has 15 heteroatoms. The van der Waals surface area contributed by atoms with Crippen LogP contribution in [0.4, 0.5) is 10.5 Å². The lowest BCUT2D eigenvalue weighted by Gasteiger charge is -2.22. The van der Waals surface area contributed by atoms with Crippen LogP contribution in [0, 0.1) is 5.92 Å². The Bertz CT molecular complexity index is 1770. The number of hydrogen-bond donors (Lipinski definition) is 3. The number of likely N-dealkylation sites (tertiary alicyclic amines) is 1. The fourth-order valence-electron chi connectivity index (χ4n) is 5.14. The molecule has 1 fully saturated rings. The fraction of sp³-hybridized carbons (Fsp3) is 0.267. The minimum Gasteiger partial charge on any atom is -0.453 e. The minimum absolute atomic E-state index is 0.00415. The highest BCUT2D eigenvalue weighted by Gasteiger charge is 2.29. The van der Waals surface area contributed by atoms with Crippen LogP contribution in [0.5, 0.6) is 0 Å². The van der Waals surface area contributed by atoms with Gasteiger partial charge in [0.2, 0.25) is 11.8 Å². The van der Waals surface area contributed by atoms with Crippen molar-refractivity contribution < 1.29 is 19.1 Å². The summed E-state index contributed by atoms with van der Waals surface area (Å²) < 4.78 is 6.08. The van der Waals surface area contributed by atoms with Crippen molar-refractivity contribution in [2.75, 3.05) is 25.5 Å². The van der Waals surface area contributed by atoms with E-state index in [9.17, 15) is 19.2 Å². The highest BCUT2D eigenvalue weighted by Crippen LogP contribution is 2.29. The molecule has 0 aliphatic carbocycles. The number of rotatable bonds is 9. The summed E-state index contributed by atoms with van der Waals surface area (Å²) >= 11 is 6.22. The van der Waals surface area contributed by atoms with Crippen LogP contribution in [0.25, 0.3) is 22.9 Å². The number of benzene rings is 2. The molecule has 3 N–H and O–H groups in total. The van der Waals surface area contributed by atoms with E-state index in [2.05, 4.69) is 41.1 Å². The second kappa shape index (κ2) is 13.9. The van der Waals surface area contributed by atoms with Crippen LogP contribution in [-0.2, 0) is 14.3 Å². The molecule has 0 bridgehead atoms. The average molecular weight is 632 g/mol. The van der Waals surface area contributed by atoms with Crippen LogP contribution in [0.15, 0.2) is 65.7 Å². The number of ether oxygens (including phenoxy) is 1. The van der Waals surface area contributed by atoms with Crippen molar-refractivity contribution in [2.24, 2.45) is 5.92 Å². The van der Waals surface area contributed by atoms with Crippen molar-refractivity contribution in [3.63, 3.8) is 0 Å². The molecule has 2 aromatic heterocycles. The first kappa shape index (κ1) is 31.1. The number of amides is 3. The van der Waals surface area contributed by atoms with Crippen molar-refractivity contribution in [1.82, 2.24) is 40.6 Å². The van der Waals surface area contributed by atoms with Crippen LogP contribution >= 0.6 is 11.6 Å². The number of anilines is 1. The van der Waals surface area contributed by atoms with E-state index in [1.165, 1.54) is 31.1 Å². The monoisotopic (exact) mass is 631 g/mol. The van der Waals surface area contributed by atoms with E-state index in [4.69, 9.17) is 11.6 Å². The van der Waals surface area contributed by atoms with Crippen LogP contribution < -0.4 is 16.2 Å². The molecule has 0 radical (unpaired) electrons. The summed E-state index contributed by atoms with van der Waals surface area (Å²) in [5.41, 5.74) is 2.68. The second-order valence-corrected chi connectivity index (χ2v) is 10.9. The molecule has 3 heterocycles. The zero-order chi connectivity index (χ0) is 31.9. The summed E-state index contributed by atoms with van der Waals surface area (Å²) in [6.45, 7) is 2.72. The maximum atomic E-state index is 13.3. The predicted molar refractivity (Wildman–Crippen MR) is 165 cm³/mol. The van der Waals surface area contributed by atoms with Gasteiger partial charge >= 0.3 is 6.09 Å². The zero-order valence-corrected chi connectivity index (χ0v) is 25.2. The van der Waals surface area contributed by atoms with Gasteiger partial charge in [-0.05, 0) is 77.2 Å². The van der Waals surface area contributed by atoms with Crippen molar-refractivity contribution in [3.8, 4) is 16.8 Å². The standard InChI is InChI=1S/C30H30ClN9O5/c1-18(41)39-12-11-19(16-39)13-25(34-28(42)10-5-21-14-22(31)6-9-27(21)40-17-32-37-38-40)26-15-24(29(43)36-35-26)20-3-7-23(8-4-20)33-30(44)45-2/h3-10,14-15,17,19,25H,11-13,16H2,1-2H3,(H,33,44)(H,34,42)(H,36,43)/b10-5+. The van der Waals surface area contributed by atoms with Gasteiger partial charge in [0.25, 0.3) is 5.56 Å². The summed E-state index contributed by atoms with van der Waals surface area (Å²) in [6.07, 6.45) is 5.06. The van der Waals surface area contributed by atoms with E-state index in [1.807, 2.05) is 0 Å². The van der Waals surface area contributed by atoms with Crippen molar-refractivity contribution >= 4 is 41.3 Å². The molecule has 1 aliphatic heterocycles. The van der Waals surface area contributed by atoms with E-state index in [1.54, 1.807) is 59.5 Å². The zero-order valence-electron chi connectivity index (χ0n) is 24.4. The van der Waals surface area contributed by atoms with Gasteiger partial charge in [0, 0.05) is 42.4 Å². The number of nitrogens with one attached hydrogen (secondary N) is 3. The summed E-state index contributed by atoms with van der Waals surface area (Å²) in [7, 11) is 1.27. The molecule has 14 nitrogen and oxygen atoms in total. The largest absolute Gasteiger partial charge is 0.453 e. The van der Waals surface area contributed by atoms with Crippen molar-refractivity contribution in [3.05, 3.63) is 87.6 Å². The molecule has 232 valence electrons. The van der Waals surface area contributed by atoms with Crippen LogP contribution in [-0.4, -0.2) is 73.4 Å². The Morgan fingerprint density at radius 1 is 1.18 bits per heavy atom. The molecule has 1 saturated heterocycles. The second-order valence-electron chi connectivity index (χ2n) is 10.4. The van der Waals surface area contributed by atoms with E-state index < -0.39 is 23.6 Å². The van der Waals surface area contributed by atoms with Gasteiger partial charge in [0.15, 0.2) is 0 Å². The molecule has 45 heavy (non-hydrogen) atoms. The topological polar surface area (TPSA) is 177 Å². The van der Waals surface area contributed by atoms with Crippen LogP contribution in [0.2, 0.25) is 5.02 Å². The number of methoxy groups -OCH3 is 1. The van der Waals surface area contributed by atoms with E-state index >= 15 is 0 Å². The first-order valence-corrected chi connectivity index (χ1v) is 14.4. The SMILES string of the molecule is COC(=O)Nc1ccc(-c2cc(C(CC3CCN(C(C)=O)C3)NC(=O)/C=C/c3cc(Cl)ccc3-n3cnnn3)n[nH]c2=O)cc1. The minimum atomic E-state index is -0.614. The van der Waals surface area contributed by atoms with Gasteiger partial charge in [-0.3, -0.25) is 19.7 Å². The molecule has 2 unspecified atom stereocenters. The maximum Gasteiger partial charge on any atom is 0.411 e. The van der Waals surface area contributed by atoms with Crippen molar-refractivity contribution in [2.45, 2.75) is 25.8 Å². The Kier molecular flexibility index (Phi) is 9.63. The summed E-state index contributed by atoms with van der Waals surface area (Å²) in [6, 6.07) is 12.8. The normalized spacial score (nSPS) is 15.2. The van der Waals surface area contributed by atoms with Crippen LogP contribution in [0.3, 0.4) is 0 Å². The number of tetrazole rings is 1. The molecule has 4 aromatic rings. The van der Waals surface area contributed by atoms with E-state index in [0.29, 0.717) is 58.3 Å². The van der Waals surface area contributed by atoms with Gasteiger partial charge in [-0.15, -0.1) is 5.10 Å². The number of carbonyl (C=O) groups is 3. The summed E-state index contributed by atoms with van der Waals surface area (Å²) in [5.74, 6) is -0.309. The van der Waals surface area contributed by atoms with Gasteiger partial charge < -0.3 is 15.0 Å². The number of nitrogens with zero attached hydrogens (tertiary/aromatic N) is 6. The lowest BCUT2D eigenvalue weighted by molar-refractivity contribution is -0.128. The highest BCUT2D eigenvalue weighted by atomic mass is 35.5. The molecule has 2 atom stereocenters. The molecular formula is C30H30ClN9O5. The van der Waals surface area contributed by atoms with Gasteiger partial charge in [-0.1, -0.05) is 23.7 Å². The van der Waals surface area contributed by atoms with Crippen molar-refractivity contribution in [1.29, 1.82) is 0 Å². The Morgan fingerprint density at radius 3 is 2.67 bits per heavy atom. The molecule has 2 aromatic carbocycles. The van der Waals surface area contributed by atoms with Gasteiger partial charge in [0.05, 0.1) is 30.1 Å². The average Bonchev–Trinajstić information content (AvgIpc) is 3.74. The number of H-pyrrole nitrogens is 1. The Balaban J connectivity index is 1.41. The number of aromatic nitrogens is 6. The Hall–Kier alpha value is -5.37. The molecular weight excluding hydrogens is 602 g/mol. The molecule has 0 spiro atoms. The molecule has 0 saturated carbocycles. The maximum absolute atomic E-state index is 13.3. The first-order valence-electron chi connectivity index (χ1n) is 14.0. The van der Waals surface area contributed by atoms with Gasteiger partial charge in [-0.25, -0.2) is 9.89 Å². The third-order valence-corrected chi connectivity index (χ3v) is 7.66. The van der Waals surface area contributed by atoms with E-state index in [-0.39, 0.29) is 11.8 Å². The summed E-state index contributed by atoms with van der Waals surface area (Å²) in [5, 5.41) is 24.2. The summed E-state index contributed by atoms with van der Waals surface area (Å²) in [4.78, 5) is 51.4. The van der Waals surface area contributed by atoms with Crippen LogP contribution in [0.1, 0.15) is 37.1 Å². The highest BCUT2D eigenvalue weighted by molar-refractivity contribution is 6.30. The lowest BCUT2D eigenvalue weighted by atomic mass is 9.95. The predicted octanol–water partition coefficient (Wildman–Crippen LogP) is 3.37. The van der Waals surface area contributed by atoms with Gasteiger partial charge in [0.1, 0.15) is 6.33 Å². The number of halogens is 1. The lowest BCUT2D eigenvalue weighted by Crippen LogP contribution is -2.31. The smallest absolute Gasteiger partial charge is 0.411 e. The Morgan fingerprint density at radius 2 is 1.98 bits per heavy atom. The molecule has 3 amide bonds. The number of aromatic amines is 1. The quantitative estimate of drug-likeness (QED) is 0.234. The third kappa shape index (κ3) is 7.78. The third-order valence-electron chi connectivity index (χ3n) is 7.42. The first-order chi connectivity index (χ1) is 21.7. The number of hydrogen-bond acceptors (Lipinski definition) is 9. The Labute approximate surface area is 262 Å². The fourth-order valence-corrected chi connectivity index (χ4v) is 5.32. The molecule has 5 rings (SSSR count). The molecule has 1 aliphatic rings.